The first-order valence-corrected chi connectivity index (χ1v) is 6.90. The van der Waals surface area contributed by atoms with E-state index in [1.807, 2.05) is 61.5 Å². The fraction of sp³-hybridized carbons (Fsp3) is 0.118. The minimum Gasteiger partial charge on any atom is -0.295 e. The van der Waals surface area contributed by atoms with Crippen molar-refractivity contribution in [2.24, 2.45) is 0 Å². The molecule has 3 aromatic rings. The number of fused-ring (bicyclic) bond motifs is 1. The summed E-state index contributed by atoms with van der Waals surface area (Å²) in [5, 5.41) is 8.36. The molecule has 0 aliphatic heterocycles. The van der Waals surface area contributed by atoms with Crippen molar-refractivity contribution in [3.63, 3.8) is 0 Å². The van der Waals surface area contributed by atoms with Gasteiger partial charge in [0.1, 0.15) is 5.52 Å². The summed E-state index contributed by atoms with van der Waals surface area (Å²) in [5.74, 6) is 0.0634. The monoisotopic (exact) mass is 277 g/mol. The van der Waals surface area contributed by atoms with Gasteiger partial charge in [-0.2, -0.15) is 0 Å². The van der Waals surface area contributed by atoms with Gasteiger partial charge >= 0.3 is 0 Å². The van der Waals surface area contributed by atoms with E-state index in [4.69, 9.17) is 0 Å². The van der Waals surface area contributed by atoms with Crippen LogP contribution in [0.5, 0.6) is 0 Å². The number of carbonyl (C=O) groups excluding carboxylic acids is 1. The SMILES string of the molecule is CCC(=O)/C=C(\c1ccccc1)n1nnc2ccccc21. The summed E-state index contributed by atoms with van der Waals surface area (Å²) in [6.07, 6.45) is 2.10. The third kappa shape index (κ3) is 2.60. The van der Waals surface area contributed by atoms with Gasteiger partial charge in [0, 0.05) is 18.1 Å². The molecule has 0 aliphatic carbocycles. The van der Waals surface area contributed by atoms with E-state index < -0.39 is 0 Å². The van der Waals surface area contributed by atoms with E-state index in [-0.39, 0.29) is 5.78 Å². The number of carbonyl (C=O) groups is 1. The van der Waals surface area contributed by atoms with Crippen LogP contribution in [0.15, 0.2) is 60.7 Å². The maximum atomic E-state index is 11.9. The normalized spacial score (nSPS) is 11.8. The summed E-state index contributed by atoms with van der Waals surface area (Å²) in [6.45, 7) is 1.85. The number of hydrogen-bond acceptors (Lipinski definition) is 3. The van der Waals surface area contributed by atoms with E-state index >= 15 is 0 Å². The quantitative estimate of drug-likeness (QED) is 0.687. The molecule has 4 nitrogen and oxygen atoms in total. The third-order valence-electron chi connectivity index (χ3n) is 3.30. The Balaban J connectivity index is 2.20. The number of rotatable bonds is 4. The molecule has 1 heterocycles. The predicted octanol–water partition coefficient (Wildman–Crippen LogP) is 3.30. The predicted molar refractivity (Wildman–Crippen MR) is 82.6 cm³/mol. The molecule has 0 saturated heterocycles. The number of allylic oxidation sites excluding steroid dienone is 1. The van der Waals surface area contributed by atoms with Crippen LogP contribution in [0.3, 0.4) is 0 Å². The lowest BCUT2D eigenvalue weighted by Crippen LogP contribution is -2.04. The molecular formula is C17H15N3O. The first kappa shape index (κ1) is 13.2. The zero-order valence-electron chi connectivity index (χ0n) is 11.7. The van der Waals surface area contributed by atoms with Gasteiger partial charge in [0.05, 0.1) is 11.2 Å². The molecule has 104 valence electrons. The molecule has 4 heteroatoms. The van der Waals surface area contributed by atoms with E-state index in [0.29, 0.717) is 6.42 Å². The molecule has 0 aliphatic rings. The highest BCUT2D eigenvalue weighted by Gasteiger charge is 2.11. The summed E-state index contributed by atoms with van der Waals surface area (Å²) in [6, 6.07) is 17.5. The molecule has 0 atom stereocenters. The molecule has 0 spiro atoms. The van der Waals surface area contributed by atoms with Crippen molar-refractivity contribution in [1.29, 1.82) is 0 Å². The van der Waals surface area contributed by atoms with Gasteiger partial charge < -0.3 is 0 Å². The van der Waals surface area contributed by atoms with Crippen molar-refractivity contribution >= 4 is 22.5 Å². The highest BCUT2D eigenvalue weighted by molar-refractivity contribution is 5.97. The lowest BCUT2D eigenvalue weighted by Gasteiger charge is -2.08. The maximum absolute atomic E-state index is 11.9. The van der Waals surface area contributed by atoms with Gasteiger partial charge in [0.25, 0.3) is 0 Å². The lowest BCUT2D eigenvalue weighted by molar-refractivity contribution is -0.114. The van der Waals surface area contributed by atoms with Crippen molar-refractivity contribution in [1.82, 2.24) is 15.0 Å². The number of aromatic nitrogens is 3. The second-order valence-corrected chi connectivity index (χ2v) is 4.71. The van der Waals surface area contributed by atoms with Gasteiger partial charge in [0.2, 0.25) is 0 Å². The van der Waals surface area contributed by atoms with Crippen LogP contribution in [-0.4, -0.2) is 20.8 Å². The van der Waals surface area contributed by atoms with Crippen LogP contribution >= 0.6 is 0 Å². The van der Waals surface area contributed by atoms with E-state index in [1.54, 1.807) is 10.8 Å². The number of para-hydroxylation sites is 1. The Hall–Kier alpha value is -2.75. The smallest absolute Gasteiger partial charge is 0.157 e. The highest BCUT2D eigenvalue weighted by atomic mass is 16.1. The highest BCUT2D eigenvalue weighted by Crippen LogP contribution is 2.21. The average molecular weight is 277 g/mol. The van der Waals surface area contributed by atoms with E-state index in [2.05, 4.69) is 10.3 Å². The Morgan fingerprint density at radius 2 is 1.81 bits per heavy atom. The van der Waals surface area contributed by atoms with Crippen LogP contribution in [-0.2, 0) is 4.79 Å². The molecule has 0 amide bonds. The Bertz CT molecular complexity index is 803. The minimum absolute atomic E-state index is 0.0634. The van der Waals surface area contributed by atoms with Crippen molar-refractivity contribution in [3.05, 3.63) is 66.2 Å². The molecule has 3 rings (SSSR count). The minimum atomic E-state index is 0.0634. The summed E-state index contributed by atoms with van der Waals surface area (Å²) in [5.41, 5.74) is 3.38. The lowest BCUT2D eigenvalue weighted by atomic mass is 10.1. The second kappa shape index (κ2) is 5.71. The van der Waals surface area contributed by atoms with Gasteiger partial charge in [-0.25, -0.2) is 4.68 Å². The van der Waals surface area contributed by atoms with E-state index in [9.17, 15) is 4.79 Å². The Morgan fingerprint density at radius 1 is 1.10 bits per heavy atom. The molecule has 1 aromatic heterocycles. The second-order valence-electron chi connectivity index (χ2n) is 4.71. The molecular weight excluding hydrogens is 262 g/mol. The topological polar surface area (TPSA) is 47.8 Å². The Morgan fingerprint density at radius 3 is 2.57 bits per heavy atom. The van der Waals surface area contributed by atoms with Crippen molar-refractivity contribution in [3.8, 4) is 0 Å². The molecule has 0 saturated carbocycles. The fourth-order valence-electron chi connectivity index (χ4n) is 2.18. The van der Waals surface area contributed by atoms with Gasteiger partial charge in [0.15, 0.2) is 5.78 Å². The molecule has 0 radical (unpaired) electrons. The molecule has 0 fully saturated rings. The zero-order valence-corrected chi connectivity index (χ0v) is 11.7. The molecule has 0 N–H and O–H groups in total. The number of ketones is 1. The average Bonchev–Trinajstić information content (AvgIpc) is 2.97. The first-order valence-electron chi connectivity index (χ1n) is 6.90. The zero-order chi connectivity index (χ0) is 14.7. The molecule has 0 bridgehead atoms. The molecule has 0 unspecified atom stereocenters. The van der Waals surface area contributed by atoms with Crippen molar-refractivity contribution in [2.45, 2.75) is 13.3 Å². The van der Waals surface area contributed by atoms with Crippen molar-refractivity contribution < 1.29 is 4.79 Å². The maximum Gasteiger partial charge on any atom is 0.157 e. The fourth-order valence-corrected chi connectivity index (χ4v) is 2.18. The van der Waals surface area contributed by atoms with Gasteiger partial charge in [-0.1, -0.05) is 54.6 Å². The number of nitrogens with zero attached hydrogens (tertiary/aromatic N) is 3. The van der Waals surface area contributed by atoms with Crippen LogP contribution in [0.2, 0.25) is 0 Å². The van der Waals surface area contributed by atoms with Gasteiger partial charge in [-0.15, -0.1) is 5.10 Å². The van der Waals surface area contributed by atoms with Crippen LogP contribution in [0.25, 0.3) is 16.7 Å². The van der Waals surface area contributed by atoms with Crippen LogP contribution in [0.1, 0.15) is 18.9 Å². The summed E-state index contributed by atoms with van der Waals surface area (Å²) in [4.78, 5) is 11.9. The summed E-state index contributed by atoms with van der Waals surface area (Å²) >= 11 is 0. The summed E-state index contributed by atoms with van der Waals surface area (Å²) in [7, 11) is 0. The first-order chi connectivity index (χ1) is 10.3. The Kier molecular flexibility index (Phi) is 3.60. The molecule has 21 heavy (non-hydrogen) atoms. The number of hydrogen-bond donors (Lipinski definition) is 0. The van der Waals surface area contributed by atoms with E-state index in [1.165, 1.54) is 0 Å². The van der Waals surface area contributed by atoms with Crippen LogP contribution < -0.4 is 0 Å². The largest absolute Gasteiger partial charge is 0.295 e. The van der Waals surface area contributed by atoms with Crippen LogP contribution in [0, 0.1) is 0 Å². The van der Waals surface area contributed by atoms with Gasteiger partial charge in [-0.3, -0.25) is 4.79 Å². The van der Waals surface area contributed by atoms with Crippen LogP contribution in [0.4, 0.5) is 0 Å². The third-order valence-corrected chi connectivity index (χ3v) is 3.30. The van der Waals surface area contributed by atoms with Gasteiger partial charge in [-0.05, 0) is 12.1 Å². The van der Waals surface area contributed by atoms with E-state index in [0.717, 1.165) is 22.3 Å². The molecule has 2 aromatic carbocycles. The van der Waals surface area contributed by atoms with Crippen molar-refractivity contribution in [2.75, 3.05) is 0 Å². The number of benzene rings is 2. The Labute approximate surface area is 122 Å². The standard InChI is InChI=1S/C17H15N3O/c1-2-14(21)12-17(13-8-4-3-5-9-13)20-16-11-7-6-10-15(16)18-19-20/h3-12H,2H2,1H3/b17-12+. The summed E-state index contributed by atoms with van der Waals surface area (Å²) < 4.78 is 1.72.